The minimum Gasteiger partial charge on any atom is -0.493 e. The molecule has 1 aromatic heterocycles. The standard InChI is InChI=1S/C21H21FN4O3/c1-28-18-8-7-14(9-19(18)29-2)10-26-21(27)17-12-25-20(13-23-17)24-11-15-5-3-4-6-16(15)22/h3-9,12-13H,10-11H2,1-2H3,(H,24,25)(H,26,27). The molecular formula is C21H21FN4O3. The molecule has 3 rings (SSSR count). The van der Waals surface area contributed by atoms with Crippen molar-refractivity contribution in [1.29, 1.82) is 0 Å². The molecule has 0 aliphatic heterocycles. The van der Waals surface area contributed by atoms with Gasteiger partial charge in [0.05, 0.1) is 26.6 Å². The van der Waals surface area contributed by atoms with Gasteiger partial charge in [0, 0.05) is 18.7 Å². The summed E-state index contributed by atoms with van der Waals surface area (Å²) in [4.78, 5) is 20.6. The molecule has 0 saturated heterocycles. The van der Waals surface area contributed by atoms with Gasteiger partial charge in [-0.25, -0.2) is 14.4 Å². The van der Waals surface area contributed by atoms with Crippen LogP contribution in [0.4, 0.5) is 10.2 Å². The Morgan fingerprint density at radius 1 is 1.00 bits per heavy atom. The third kappa shape index (κ3) is 5.19. The quantitative estimate of drug-likeness (QED) is 0.608. The van der Waals surface area contributed by atoms with Gasteiger partial charge in [-0.3, -0.25) is 4.79 Å². The summed E-state index contributed by atoms with van der Waals surface area (Å²) < 4.78 is 24.1. The summed E-state index contributed by atoms with van der Waals surface area (Å²) >= 11 is 0. The molecule has 2 N–H and O–H groups in total. The zero-order valence-corrected chi connectivity index (χ0v) is 16.1. The first-order valence-electron chi connectivity index (χ1n) is 8.89. The SMILES string of the molecule is COc1ccc(CNC(=O)c2cnc(NCc3ccccc3F)cn2)cc1OC. The molecule has 1 heterocycles. The van der Waals surface area contributed by atoms with Crippen molar-refractivity contribution < 1.29 is 18.7 Å². The Balaban J connectivity index is 1.55. The van der Waals surface area contributed by atoms with Gasteiger partial charge in [-0.15, -0.1) is 0 Å². The van der Waals surface area contributed by atoms with Crippen molar-refractivity contribution in [2.24, 2.45) is 0 Å². The zero-order valence-electron chi connectivity index (χ0n) is 16.1. The van der Waals surface area contributed by atoms with Gasteiger partial charge >= 0.3 is 0 Å². The normalized spacial score (nSPS) is 10.3. The molecule has 0 atom stereocenters. The molecular weight excluding hydrogens is 375 g/mol. The average Bonchev–Trinajstić information content (AvgIpc) is 2.77. The van der Waals surface area contributed by atoms with Gasteiger partial charge in [0.1, 0.15) is 17.3 Å². The van der Waals surface area contributed by atoms with Crippen LogP contribution in [-0.4, -0.2) is 30.1 Å². The van der Waals surface area contributed by atoms with E-state index in [0.29, 0.717) is 29.4 Å². The predicted molar refractivity (Wildman–Crippen MR) is 106 cm³/mol. The summed E-state index contributed by atoms with van der Waals surface area (Å²) in [5.74, 6) is 1.01. The number of anilines is 1. The van der Waals surface area contributed by atoms with Crippen molar-refractivity contribution in [2.75, 3.05) is 19.5 Å². The predicted octanol–water partition coefficient (Wildman–Crippen LogP) is 3.18. The van der Waals surface area contributed by atoms with Crippen LogP contribution in [0.25, 0.3) is 0 Å². The van der Waals surface area contributed by atoms with Crippen LogP contribution in [-0.2, 0) is 13.1 Å². The number of methoxy groups -OCH3 is 2. The van der Waals surface area contributed by atoms with E-state index in [4.69, 9.17) is 9.47 Å². The van der Waals surface area contributed by atoms with E-state index in [2.05, 4.69) is 20.6 Å². The Bertz CT molecular complexity index is 980. The number of carbonyl (C=O) groups is 1. The molecule has 150 valence electrons. The summed E-state index contributed by atoms with van der Waals surface area (Å²) in [5.41, 5.74) is 1.56. The number of hydrogen-bond donors (Lipinski definition) is 2. The number of nitrogens with zero attached hydrogens (tertiary/aromatic N) is 2. The molecule has 0 aliphatic rings. The van der Waals surface area contributed by atoms with E-state index in [9.17, 15) is 9.18 Å². The van der Waals surface area contributed by atoms with Crippen molar-refractivity contribution in [3.8, 4) is 11.5 Å². The first kappa shape index (κ1) is 20.1. The van der Waals surface area contributed by atoms with Crippen LogP contribution in [0.3, 0.4) is 0 Å². The zero-order chi connectivity index (χ0) is 20.6. The van der Waals surface area contributed by atoms with E-state index in [1.807, 2.05) is 6.07 Å². The summed E-state index contributed by atoms with van der Waals surface area (Å²) in [6.45, 7) is 0.570. The van der Waals surface area contributed by atoms with Gasteiger partial charge in [-0.1, -0.05) is 24.3 Å². The fourth-order valence-electron chi connectivity index (χ4n) is 2.63. The lowest BCUT2D eigenvalue weighted by atomic mass is 10.2. The number of rotatable bonds is 8. The Hall–Kier alpha value is -3.68. The van der Waals surface area contributed by atoms with Crippen LogP contribution in [0.15, 0.2) is 54.9 Å². The lowest BCUT2D eigenvalue weighted by molar-refractivity contribution is 0.0945. The van der Waals surface area contributed by atoms with Crippen LogP contribution in [0.1, 0.15) is 21.6 Å². The van der Waals surface area contributed by atoms with E-state index >= 15 is 0 Å². The second-order valence-electron chi connectivity index (χ2n) is 6.10. The van der Waals surface area contributed by atoms with Gasteiger partial charge in [0.15, 0.2) is 11.5 Å². The fourth-order valence-corrected chi connectivity index (χ4v) is 2.63. The summed E-state index contributed by atoms with van der Waals surface area (Å²) in [7, 11) is 3.12. The van der Waals surface area contributed by atoms with E-state index in [1.54, 1.807) is 44.6 Å². The number of halogens is 1. The molecule has 0 saturated carbocycles. The van der Waals surface area contributed by atoms with Gasteiger partial charge in [-0.05, 0) is 23.8 Å². The van der Waals surface area contributed by atoms with Crippen molar-refractivity contribution >= 4 is 11.7 Å². The number of benzene rings is 2. The molecule has 2 aromatic carbocycles. The van der Waals surface area contributed by atoms with Gasteiger partial charge in [0.2, 0.25) is 0 Å². The Morgan fingerprint density at radius 3 is 2.48 bits per heavy atom. The minimum absolute atomic E-state index is 0.182. The third-order valence-corrected chi connectivity index (χ3v) is 4.20. The van der Waals surface area contributed by atoms with Crippen molar-refractivity contribution in [3.05, 3.63) is 77.5 Å². The number of carbonyl (C=O) groups excluding carboxylic acids is 1. The summed E-state index contributed by atoms with van der Waals surface area (Å²) in [6.07, 6.45) is 2.81. The number of ether oxygens (including phenoxy) is 2. The third-order valence-electron chi connectivity index (χ3n) is 4.20. The molecule has 29 heavy (non-hydrogen) atoms. The summed E-state index contributed by atoms with van der Waals surface area (Å²) in [6, 6.07) is 11.9. The molecule has 0 aliphatic carbocycles. The largest absolute Gasteiger partial charge is 0.493 e. The highest BCUT2D eigenvalue weighted by Crippen LogP contribution is 2.27. The molecule has 7 nitrogen and oxygen atoms in total. The highest BCUT2D eigenvalue weighted by Gasteiger charge is 2.10. The Morgan fingerprint density at radius 2 is 1.79 bits per heavy atom. The average molecular weight is 396 g/mol. The van der Waals surface area contributed by atoms with E-state index in [-0.39, 0.29) is 24.0 Å². The van der Waals surface area contributed by atoms with Gasteiger partial charge in [0.25, 0.3) is 5.91 Å². The van der Waals surface area contributed by atoms with Crippen LogP contribution in [0.2, 0.25) is 0 Å². The van der Waals surface area contributed by atoms with Crippen molar-refractivity contribution in [2.45, 2.75) is 13.1 Å². The van der Waals surface area contributed by atoms with Gasteiger partial charge < -0.3 is 20.1 Å². The molecule has 8 heteroatoms. The Kier molecular flexibility index (Phi) is 6.57. The van der Waals surface area contributed by atoms with Crippen LogP contribution < -0.4 is 20.1 Å². The maximum absolute atomic E-state index is 13.6. The lowest BCUT2D eigenvalue weighted by Gasteiger charge is -2.10. The monoisotopic (exact) mass is 396 g/mol. The number of hydrogen-bond acceptors (Lipinski definition) is 6. The maximum atomic E-state index is 13.6. The van der Waals surface area contributed by atoms with Crippen molar-refractivity contribution in [3.63, 3.8) is 0 Å². The van der Waals surface area contributed by atoms with Crippen LogP contribution in [0, 0.1) is 5.82 Å². The number of aromatic nitrogens is 2. The Labute approximate surface area is 167 Å². The fraction of sp³-hybridized carbons (Fsp3) is 0.190. The minimum atomic E-state index is -0.354. The van der Waals surface area contributed by atoms with E-state index in [0.717, 1.165) is 5.56 Å². The first-order chi connectivity index (χ1) is 14.1. The van der Waals surface area contributed by atoms with Crippen LogP contribution in [0.5, 0.6) is 11.5 Å². The molecule has 0 fully saturated rings. The first-order valence-corrected chi connectivity index (χ1v) is 8.89. The molecule has 3 aromatic rings. The summed E-state index contributed by atoms with van der Waals surface area (Å²) in [5, 5.41) is 5.76. The molecule has 0 unspecified atom stereocenters. The lowest BCUT2D eigenvalue weighted by Crippen LogP contribution is -2.24. The molecule has 0 bridgehead atoms. The number of amides is 1. The van der Waals surface area contributed by atoms with E-state index in [1.165, 1.54) is 18.5 Å². The molecule has 0 spiro atoms. The smallest absolute Gasteiger partial charge is 0.271 e. The van der Waals surface area contributed by atoms with Gasteiger partial charge in [-0.2, -0.15) is 0 Å². The molecule has 0 radical (unpaired) electrons. The second-order valence-corrected chi connectivity index (χ2v) is 6.10. The number of nitrogens with one attached hydrogen (secondary N) is 2. The van der Waals surface area contributed by atoms with Crippen LogP contribution >= 0.6 is 0 Å². The highest BCUT2D eigenvalue weighted by atomic mass is 19.1. The maximum Gasteiger partial charge on any atom is 0.271 e. The highest BCUT2D eigenvalue weighted by molar-refractivity contribution is 5.91. The second kappa shape index (κ2) is 9.50. The van der Waals surface area contributed by atoms with Crippen molar-refractivity contribution in [1.82, 2.24) is 15.3 Å². The molecule has 1 amide bonds. The van der Waals surface area contributed by atoms with E-state index < -0.39 is 0 Å². The topological polar surface area (TPSA) is 85.4 Å².